The highest BCUT2D eigenvalue weighted by Crippen LogP contribution is 2.39. The van der Waals surface area contributed by atoms with E-state index in [1.807, 2.05) is 45.6 Å². The van der Waals surface area contributed by atoms with Crippen molar-refractivity contribution in [3.63, 3.8) is 0 Å². The molecule has 0 aliphatic carbocycles. The van der Waals surface area contributed by atoms with Crippen molar-refractivity contribution >= 4 is 11.8 Å². The molecule has 1 aromatic heterocycles. The van der Waals surface area contributed by atoms with E-state index < -0.39 is 0 Å². The number of likely N-dealkylation sites (tertiary alicyclic amines) is 2. The molecule has 1 atom stereocenters. The van der Waals surface area contributed by atoms with Crippen LogP contribution in [0, 0.1) is 5.41 Å². The highest BCUT2D eigenvalue weighted by atomic mass is 16.2. The SMILES string of the molecule is CCN1C[C@]2(CCCN(C(=O)c3ccc(-n4cnnc4)cc3)C2)CCC1=O. The summed E-state index contributed by atoms with van der Waals surface area (Å²) in [6.07, 6.45) is 6.84. The Morgan fingerprint density at radius 3 is 2.56 bits per heavy atom. The topological polar surface area (TPSA) is 71.3 Å². The first-order chi connectivity index (χ1) is 13.1. The summed E-state index contributed by atoms with van der Waals surface area (Å²) in [7, 11) is 0. The Morgan fingerprint density at radius 1 is 1.11 bits per heavy atom. The van der Waals surface area contributed by atoms with Crippen molar-refractivity contribution in [1.82, 2.24) is 24.6 Å². The molecule has 2 aliphatic rings. The predicted molar refractivity (Wildman–Crippen MR) is 100 cm³/mol. The number of carbonyl (C=O) groups is 2. The van der Waals surface area contributed by atoms with Crippen LogP contribution >= 0.6 is 0 Å². The van der Waals surface area contributed by atoms with Gasteiger partial charge in [-0.2, -0.15) is 0 Å². The van der Waals surface area contributed by atoms with Gasteiger partial charge in [0.15, 0.2) is 0 Å². The van der Waals surface area contributed by atoms with Gasteiger partial charge in [0.25, 0.3) is 5.91 Å². The zero-order valence-corrected chi connectivity index (χ0v) is 15.7. The van der Waals surface area contributed by atoms with Crippen LogP contribution in [0.2, 0.25) is 0 Å². The monoisotopic (exact) mass is 367 g/mol. The van der Waals surface area contributed by atoms with E-state index in [0.29, 0.717) is 12.0 Å². The first-order valence-electron chi connectivity index (χ1n) is 9.62. The van der Waals surface area contributed by atoms with Gasteiger partial charge in [0.05, 0.1) is 0 Å². The molecule has 1 aromatic carbocycles. The molecule has 2 aromatic rings. The van der Waals surface area contributed by atoms with Crippen LogP contribution in [0.25, 0.3) is 5.69 Å². The van der Waals surface area contributed by atoms with Crippen molar-refractivity contribution in [2.45, 2.75) is 32.6 Å². The molecular weight excluding hydrogens is 342 g/mol. The minimum absolute atomic E-state index is 0.0558. The van der Waals surface area contributed by atoms with Crippen LogP contribution in [0.4, 0.5) is 0 Å². The number of amides is 2. The summed E-state index contributed by atoms with van der Waals surface area (Å²) in [5.74, 6) is 0.320. The Bertz CT molecular complexity index is 817. The van der Waals surface area contributed by atoms with E-state index in [4.69, 9.17) is 0 Å². The third-order valence-corrected chi connectivity index (χ3v) is 5.91. The van der Waals surface area contributed by atoms with Crippen LogP contribution in [-0.2, 0) is 4.79 Å². The summed E-state index contributed by atoms with van der Waals surface area (Å²) >= 11 is 0. The van der Waals surface area contributed by atoms with Gasteiger partial charge in [-0.25, -0.2) is 0 Å². The van der Waals surface area contributed by atoms with E-state index >= 15 is 0 Å². The predicted octanol–water partition coefficient (Wildman–Crippen LogP) is 2.13. The molecule has 0 saturated carbocycles. The lowest BCUT2D eigenvalue weighted by Gasteiger charge is -2.48. The largest absolute Gasteiger partial charge is 0.342 e. The molecular formula is C20H25N5O2. The molecule has 1 spiro atoms. The Kier molecular flexibility index (Phi) is 4.68. The van der Waals surface area contributed by atoms with Crippen molar-refractivity contribution in [1.29, 1.82) is 0 Å². The molecule has 7 heteroatoms. The van der Waals surface area contributed by atoms with Gasteiger partial charge >= 0.3 is 0 Å². The minimum Gasteiger partial charge on any atom is -0.342 e. The van der Waals surface area contributed by atoms with Gasteiger partial charge in [-0.1, -0.05) is 0 Å². The number of hydrogen-bond acceptors (Lipinski definition) is 4. The second-order valence-corrected chi connectivity index (χ2v) is 7.65. The second kappa shape index (κ2) is 7.13. The van der Waals surface area contributed by atoms with Gasteiger partial charge < -0.3 is 9.80 Å². The fraction of sp³-hybridized carbons (Fsp3) is 0.500. The molecule has 27 heavy (non-hydrogen) atoms. The maximum absolute atomic E-state index is 13.1. The highest BCUT2D eigenvalue weighted by Gasteiger charge is 2.42. The molecule has 2 aliphatic heterocycles. The van der Waals surface area contributed by atoms with Crippen molar-refractivity contribution in [2.75, 3.05) is 26.2 Å². The first kappa shape index (κ1) is 17.7. The fourth-order valence-electron chi connectivity index (χ4n) is 4.40. The summed E-state index contributed by atoms with van der Waals surface area (Å²) in [5.41, 5.74) is 1.68. The Morgan fingerprint density at radius 2 is 1.85 bits per heavy atom. The number of piperidine rings is 2. The molecule has 2 saturated heterocycles. The van der Waals surface area contributed by atoms with Crippen LogP contribution in [0.3, 0.4) is 0 Å². The number of nitrogens with zero attached hydrogens (tertiary/aromatic N) is 5. The Balaban J connectivity index is 1.48. The quantitative estimate of drug-likeness (QED) is 0.833. The van der Waals surface area contributed by atoms with Crippen molar-refractivity contribution in [3.05, 3.63) is 42.5 Å². The van der Waals surface area contributed by atoms with E-state index in [1.165, 1.54) is 0 Å². The van der Waals surface area contributed by atoms with Crippen molar-refractivity contribution in [2.24, 2.45) is 5.41 Å². The van der Waals surface area contributed by atoms with Crippen LogP contribution in [0.5, 0.6) is 0 Å². The van der Waals surface area contributed by atoms with Gasteiger partial charge in [-0.15, -0.1) is 10.2 Å². The van der Waals surface area contributed by atoms with E-state index in [-0.39, 0.29) is 17.2 Å². The third-order valence-electron chi connectivity index (χ3n) is 5.91. The summed E-state index contributed by atoms with van der Waals surface area (Å²) in [6.45, 7) is 5.08. The summed E-state index contributed by atoms with van der Waals surface area (Å²) in [6, 6.07) is 7.55. The van der Waals surface area contributed by atoms with Gasteiger partial charge in [0.1, 0.15) is 12.7 Å². The van der Waals surface area contributed by atoms with Gasteiger partial charge in [0, 0.05) is 49.3 Å². The molecule has 2 amide bonds. The van der Waals surface area contributed by atoms with Crippen LogP contribution in [0.15, 0.2) is 36.9 Å². The van der Waals surface area contributed by atoms with Crippen molar-refractivity contribution < 1.29 is 9.59 Å². The van der Waals surface area contributed by atoms with E-state index in [2.05, 4.69) is 10.2 Å². The molecule has 4 rings (SSSR count). The van der Waals surface area contributed by atoms with Crippen LogP contribution in [0.1, 0.15) is 43.0 Å². The Hall–Kier alpha value is -2.70. The van der Waals surface area contributed by atoms with E-state index in [0.717, 1.165) is 51.1 Å². The molecule has 0 bridgehead atoms. The van der Waals surface area contributed by atoms with Crippen molar-refractivity contribution in [3.8, 4) is 5.69 Å². The molecule has 0 N–H and O–H groups in total. The summed E-state index contributed by atoms with van der Waals surface area (Å²) in [5, 5.41) is 7.61. The van der Waals surface area contributed by atoms with Gasteiger partial charge in [-0.05, 0) is 50.5 Å². The number of hydrogen-bond donors (Lipinski definition) is 0. The lowest BCUT2D eigenvalue weighted by Crippen LogP contribution is -2.55. The average Bonchev–Trinajstić information content (AvgIpc) is 3.25. The minimum atomic E-state index is 0.0558. The maximum atomic E-state index is 13.1. The highest BCUT2D eigenvalue weighted by molar-refractivity contribution is 5.94. The average molecular weight is 367 g/mol. The first-order valence-corrected chi connectivity index (χ1v) is 9.62. The maximum Gasteiger partial charge on any atom is 0.253 e. The summed E-state index contributed by atoms with van der Waals surface area (Å²) in [4.78, 5) is 29.0. The number of rotatable bonds is 3. The zero-order valence-electron chi connectivity index (χ0n) is 15.7. The van der Waals surface area contributed by atoms with Crippen LogP contribution in [-0.4, -0.2) is 62.6 Å². The standard InChI is InChI=1S/C20H25N5O2/c1-2-23-12-20(10-8-18(23)26)9-3-11-24(13-20)19(27)16-4-6-17(7-5-16)25-14-21-22-15-25/h4-7,14-15H,2-3,8-13H2,1H3/t20-/m0/s1. The smallest absolute Gasteiger partial charge is 0.253 e. The molecule has 7 nitrogen and oxygen atoms in total. The molecule has 0 radical (unpaired) electrons. The molecule has 3 heterocycles. The normalized spacial score (nSPS) is 23.1. The molecule has 142 valence electrons. The summed E-state index contributed by atoms with van der Waals surface area (Å²) < 4.78 is 1.81. The second-order valence-electron chi connectivity index (χ2n) is 7.65. The van der Waals surface area contributed by atoms with E-state index in [9.17, 15) is 9.59 Å². The van der Waals surface area contributed by atoms with E-state index in [1.54, 1.807) is 12.7 Å². The Labute approximate surface area is 159 Å². The zero-order chi connectivity index (χ0) is 18.9. The fourth-order valence-corrected chi connectivity index (χ4v) is 4.40. The van der Waals surface area contributed by atoms with Crippen LogP contribution < -0.4 is 0 Å². The number of benzene rings is 1. The molecule has 2 fully saturated rings. The van der Waals surface area contributed by atoms with Gasteiger partial charge in [-0.3, -0.25) is 14.2 Å². The van der Waals surface area contributed by atoms with Gasteiger partial charge in [0.2, 0.25) is 5.91 Å². The number of aromatic nitrogens is 3. The lowest BCUT2D eigenvalue weighted by atomic mass is 9.73. The third kappa shape index (κ3) is 3.46. The molecule has 0 unspecified atom stereocenters. The lowest BCUT2D eigenvalue weighted by molar-refractivity contribution is -0.138. The number of carbonyl (C=O) groups excluding carboxylic acids is 2.